The van der Waals surface area contributed by atoms with Gasteiger partial charge in [0.15, 0.2) is 0 Å². The Labute approximate surface area is 196 Å². The maximum atomic E-state index is 13.4. The lowest BCUT2D eigenvalue weighted by atomic mass is 9.48. The normalized spacial score (nSPS) is 40.2. The molecule has 3 fully saturated rings. The highest BCUT2D eigenvalue weighted by molar-refractivity contribution is 6.30. The Kier molecular flexibility index (Phi) is 5.05. The third-order valence-electron chi connectivity index (χ3n) is 10.0. The summed E-state index contributed by atoms with van der Waals surface area (Å²) in [6, 6.07) is 7.14. The highest BCUT2D eigenvalue weighted by Gasteiger charge is 2.61. The molecule has 4 aliphatic rings. The van der Waals surface area contributed by atoms with E-state index in [4.69, 9.17) is 17.3 Å². The number of nitrogens with two attached hydrogens (primary N) is 1. The second-order valence-electron chi connectivity index (χ2n) is 11.4. The van der Waals surface area contributed by atoms with Crippen LogP contribution in [0.5, 0.6) is 0 Å². The zero-order valence-electron chi connectivity index (χ0n) is 19.4. The smallest absolute Gasteiger partial charge is 0.247 e. The molecule has 5 rings (SSSR count). The lowest BCUT2D eigenvalue weighted by molar-refractivity contribution is -0.160. The molecule has 0 spiro atoms. The van der Waals surface area contributed by atoms with E-state index in [9.17, 15) is 9.59 Å². The molecular weight excluding hydrogens is 420 g/mol. The third kappa shape index (κ3) is 2.94. The van der Waals surface area contributed by atoms with Gasteiger partial charge in [-0.1, -0.05) is 50.1 Å². The number of rotatable bonds is 3. The van der Waals surface area contributed by atoms with Gasteiger partial charge in [0.2, 0.25) is 11.8 Å². The first-order valence-corrected chi connectivity index (χ1v) is 12.6. The Hall–Kier alpha value is -1.81. The fourth-order valence-electron chi connectivity index (χ4n) is 8.20. The van der Waals surface area contributed by atoms with E-state index < -0.39 is 11.4 Å². The molecule has 1 heterocycles. The van der Waals surface area contributed by atoms with Gasteiger partial charge in [0.1, 0.15) is 5.54 Å². The summed E-state index contributed by atoms with van der Waals surface area (Å²) in [6.07, 6.45) is 12.4. The second kappa shape index (κ2) is 7.35. The molecule has 2 amide bonds. The van der Waals surface area contributed by atoms with Crippen molar-refractivity contribution in [2.24, 2.45) is 34.3 Å². The van der Waals surface area contributed by atoms with E-state index >= 15 is 0 Å². The van der Waals surface area contributed by atoms with Gasteiger partial charge in [0.05, 0.1) is 0 Å². The van der Waals surface area contributed by atoms with Crippen molar-refractivity contribution in [2.75, 3.05) is 0 Å². The van der Waals surface area contributed by atoms with Crippen molar-refractivity contribution >= 4 is 23.4 Å². The summed E-state index contributed by atoms with van der Waals surface area (Å²) < 4.78 is 0. The molecule has 3 saturated carbocycles. The summed E-state index contributed by atoms with van der Waals surface area (Å²) in [5, 5.41) is 0.595. The molecule has 1 aliphatic heterocycles. The summed E-state index contributed by atoms with van der Waals surface area (Å²) in [5.41, 5.74) is 5.87. The third-order valence-corrected chi connectivity index (χ3v) is 10.3. The Bertz CT molecular complexity index is 974. The number of carbonyl (C=O) groups excluding carboxylic acids is 2. The summed E-state index contributed by atoms with van der Waals surface area (Å²) in [6.45, 7) is 6.63. The molecule has 0 radical (unpaired) electrons. The van der Waals surface area contributed by atoms with Gasteiger partial charge in [-0.15, -0.1) is 0 Å². The monoisotopic (exact) mass is 454 g/mol. The van der Waals surface area contributed by atoms with Gasteiger partial charge < -0.3 is 10.6 Å². The van der Waals surface area contributed by atoms with Crippen molar-refractivity contribution in [1.29, 1.82) is 0 Å². The maximum Gasteiger partial charge on any atom is 0.247 e. The van der Waals surface area contributed by atoms with Gasteiger partial charge >= 0.3 is 0 Å². The van der Waals surface area contributed by atoms with Crippen LogP contribution in [0.25, 0.3) is 0 Å². The van der Waals surface area contributed by atoms with Crippen LogP contribution in [0.4, 0.5) is 0 Å². The Morgan fingerprint density at radius 2 is 1.81 bits per heavy atom. The molecule has 0 saturated heterocycles. The number of amides is 2. The molecule has 0 aromatic heterocycles. The van der Waals surface area contributed by atoms with Crippen molar-refractivity contribution in [1.82, 2.24) is 4.90 Å². The molecule has 0 bridgehead atoms. The number of hydrogen-bond acceptors (Lipinski definition) is 2. The molecular formula is C27H35ClN2O2. The van der Waals surface area contributed by atoms with Gasteiger partial charge in [-0.3, -0.25) is 9.59 Å². The molecule has 32 heavy (non-hydrogen) atoms. The van der Waals surface area contributed by atoms with Crippen molar-refractivity contribution < 1.29 is 9.59 Å². The molecule has 2 N–H and O–H groups in total. The van der Waals surface area contributed by atoms with Gasteiger partial charge in [-0.05, 0) is 92.4 Å². The molecule has 4 nitrogen and oxygen atoms in total. The van der Waals surface area contributed by atoms with Gasteiger partial charge in [-0.25, -0.2) is 0 Å². The Balaban J connectivity index is 1.57. The minimum atomic E-state index is -1.22. The lowest BCUT2D eigenvalue weighted by Gasteiger charge is -2.62. The molecule has 1 aromatic carbocycles. The number of nitrogens with zero attached hydrogens (tertiary/aromatic N) is 1. The van der Waals surface area contributed by atoms with Crippen molar-refractivity contribution in [3.63, 3.8) is 0 Å². The topological polar surface area (TPSA) is 63.4 Å². The first-order chi connectivity index (χ1) is 15.1. The summed E-state index contributed by atoms with van der Waals surface area (Å²) in [5.74, 6) is 1.40. The SMILES string of the molecule is CC(C(N)=O)(c1ccc(Cl)cc1)N1C(=O)C=C[C@@]2(C)C1CC[C@@H]1[C@H]2CC[C@]2(C)CCC[C@@H]12. The maximum absolute atomic E-state index is 13.4. The number of primary amides is 1. The average molecular weight is 455 g/mol. The predicted molar refractivity (Wildman–Crippen MR) is 127 cm³/mol. The van der Waals surface area contributed by atoms with Crippen LogP contribution in [0.15, 0.2) is 36.4 Å². The molecule has 5 heteroatoms. The van der Waals surface area contributed by atoms with E-state index in [2.05, 4.69) is 19.9 Å². The first kappa shape index (κ1) is 22.0. The second-order valence-corrected chi connectivity index (χ2v) is 11.8. The van der Waals surface area contributed by atoms with E-state index in [0.29, 0.717) is 22.3 Å². The summed E-state index contributed by atoms with van der Waals surface area (Å²) in [7, 11) is 0. The van der Waals surface area contributed by atoms with Crippen LogP contribution in [0.3, 0.4) is 0 Å². The van der Waals surface area contributed by atoms with Gasteiger partial charge in [0, 0.05) is 16.5 Å². The molecule has 7 atom stereocenters. The van der Waals surface area contributed by atoms with E-state index in [1.54, 1.807) is 25.1 Å². The minimum absolute atomic E-state index is 0.0415. The predicted octanol–water partition coefficient (Wildman–Crippen LogP) is 5.44. The van der Waals surface area contributed by atoms with E-state index in [1.807, 2.05) is 17.0 Å². The number of carbonyl (C=O) groups is 2. The van der Waals surface area contributed by atoms with E-state index in [0.717, 1.165) is 24.3 Å². The highest BCUT2D eigenvalue weighted by Crippen LogP contribution is 2.64. The van der Waals surface area contributed by atoms with E-state index in [-0.39, 0.29) is 17.4 Å². The van der Waals surface area contributed by atoms with Gasteiger partial charge in [0.25, 0.3) is 0 Å². The Morgan fingerprint density at radius 1 is 1.09 bits per heavy atom. The van der Waals surface area contributed by atoms with Crippen molar-refractivity contribution in [3.05, 3.63) is 47.0 Å². The van der Waals surface area contributed by atoms with Crippen molar-refractivity contribution in [3.8, 4) is 0 Å². The quantitative estimate of drug-likeness (QED) is 0.660. The fourth-order valence-corrected chi connectivity index (χ4v) is 8.32. The number of benzene rings is 1. The highest BCUT2D eigenvalue weighted by atomic mass is 35.5. The number of halogens is 1. The summed E-state index contributed by atoms with van der Waals surface area (Å²) >= 11 is 6.11. The molecule has 172 valence electrons. The van der Waals surface area contributed by atoms with Gasteiger partial charge in [-0.2, -0.15) is 0 Å². The summed E-state index contributed by atoms with van der Waals surface area (Å²) in [4.78, 5) is 28.2. The van der Waals surface area contributed by atoms with Crippen LogP contribution in [-0.2, 0) is 15.1 Å². The average Bonchev–Trinajstić information content (AvgIpc) is 3.16. The zero-order chi connectivity index (χ0) is 22.9. The molecule has 1 aromatic rings. The Morgan fingerprint density at radius 3 is 2.50 bits per heavy atom. The van der Waals surface area contributed by atoms with Crippen LogP contribution in [-0.4, -0.2) is 22.8 Å². The standard InChI is InChI=1S/C27H35ClN2O2/c1-25-14-4-5-20(25)19-10-11-22-26(2,21(19)12-15-25)16-13-23(31)30(22)27(3,24(29)32)17-6-8-18(28)9-7-17/h6-9,13,16,19-22H,4-5,10-12,14-15H2,1-3H3,(H2,29,32)/t19-,20-,21+,22?,25-,26+,27?/m0/s1. The van der Waals surface area contributed by atoms with Crippen LogP contribution < -0.4 is 5.73 Å². The molecule has 3 aliphatic carbocycles. The lowest BCUT2D eigenvalue weighted by Crippen LogP contribution is -2.67. The number of fused-ring (bicyclic) bond motifs is 5. The molecule has 2 unspecified atom stereocenters. The first-order valence-electron chi connectivity index (χ1n) is 12.2. The van der Waals surface area contributed by atoms with Crippen LogP contribution in [0.2, 0.25) is 5.02 Å². The van der Waals surface area contributed by atoms with Crippen molar-refractivity contribution in [2.45, 2.75) is 77.3 Å². The zero-order valence-corrected chi connectivity index (χ0v) is 20.2. The van der Waals surface area contributed by atoms with Crippen LogP contribution in [0, 0.1) is 28.6 Å². The minimum Gasteiger partial charge on any atom is -0.367 e. The largest absolute Gasteiger partial charge is 0.367 e. The number of hydrogen-bond donors (Lipinski definition) is 1. The fraction of sp³-hybridized carbons (Fsp3) is 0.630. The van der Waals surface area contributed by atoms with Crippen LogP contribution in [0.1, 0.15) is 71.3 Å². The van der Waals surface area contributed by atoms with Crippen LogP contribution >= 0.6 is 11.6 Å². The van der Waals surface area contributed by atoms with E-state index in [1.165, 1.54) is 32.1 Å².